The van der Waals surface area contributed by atoms with Gasteiger partial charge in [-0.1, -0.05) is 24.2 Å². The van der Waals surface area contributed by atoms with Crippen LogP contribution in [0.5, 0.6) is 0 Å². The molecule has 0 atom stereocenters. The summed E-state index contributed by atoms with van der Waals surface area (Å²) in [6, 6.07) is 6.23. The second kappa shape index (κ2) is 7.57. The molecule has 5 rings (SSSR count). The predicted octanol–water partition coefficient (Wildman–Crippen LogP) is 3.74. The highest BCUT2D eigenvalue weighted by molar-refractivity contribution is 5.90. The van der Waals surface area contributed by atoms with Crippen molar-refractivity contribution in [3.05, 3.63) is 63.8 Å². The molecule has 0 saturated heterocycles. The molecule has 0 aliphatic heterocycles. The molecule has 9 nitrogen and oxygen atoms in total. The van der Waals surface area contributed by atoms with Crippen LogP contribution in [-0.2, 0) is 17.9 Å². The molecule has 0 unspecified atom stereocenters. The molecule has 3 aromatic heterocycles. The van der Waals surface area contributed by atoms with Crippen LogP contribution in [0.2, 0.25) is 0 Å². The maximum Gasteiger partial charge on any atom is 0.325 e. The first kappa shape index (κ1) is 21.9. The van der Waals surface area contributed by atoms with Gasteiger partial charge in [-0.15, -0.1) is 0 Å². The first-order valence-electron chi connectivity index (χ1n) is 10.7. The van der Waals surface area contributed by atoms with Gasteiger partial charge < -0.3 is 14.4 Å². The average Bonchev–Trinajstić information content (AvgIpc) is 3.19. The van der Waals surface area contributed by atoms with E-state index in [1.807, 2.05) is 6.92 Å². The van der Waals surface area contributed by atoms with Crippen LogP contribution < -0.4 is 5.69 Å². The van der Waals surface area contributed by atoms with Crippen LogP contribution in [0.4, 0.5) is 8.78 Å². The number of alkyl halides is 2. The fourth-order valence-corrected chi connectivity index (χ4v) is 3.92. The Balaban J connectivity index is 1.46. The molecule has 2 N–H and O–H groups in total. The normalized spacial score (nSPS) is 15.0. The lowest BCUT2D eigenvalue weighted by molar-refractivity contribution is 0.0158. The van der Waals surface area contributed by atoms with E-state index in [1.54, 1.807) is 18.2 Å². The highest BCUT2D eigenvalue weighted by Gasteiger charge is 2.44. The number of fused-ring (bicyclic) bond motifs is 1. The van der Waals surface area contributed by atoms with Gasteiger partial charge in [0.1, 0.15) is 0 Å². The first-order valence-corrected chi connectivity index (χ1v) is 10.7. The molecule has 0 radical (unpaired) electrons. The number of hydrogen-bond acceptors (Lipinski definition) is 6. The Labute approximate surface area is 192 Å². The van der Waals surface area contributed by atoms with E-state index in [9.17, 15) is 18.4 Å². The molecule has 0 bridgehead atoms. The molecule has 1 amide bonds. The molecule has 1 aliphatic carbocycles. The van der Waals surface area contributed by atoms with Crippen LogP contribution in [0, 0.1) is 0 Å². The SMILES string of the molecule is CN(Cc1ccc(-c2ccnc3[nH]c(=O)[nH]c23)cc1C(C)(F)F)C(=O)c1nc(C2(C)CC2)no1. The van der Waals surface area contributed by atoms with Crippen molar-refractivity contribution >= 4 is 17.1 Å². The standard InChI is InChI=1S/C23H22F2N6O3/c1-22(7-8-22)20-29-18(34-30-20)19(32)31(3)11-13-5-4-12(10-15(13)23(2,24)25)14-6-9-26-17-16(14)27-21(33)28-17/h4-6,9-10H,7-8,11H2,1-3H3,(H2,26,27,28,33). The molecule has 11 heteroatoms. The highest BCUT2D eigenvalue weighted by atomic mass is 19.3. The number of carbonyl (C=O) groups excluding carboxylic acids is 1. The van der Waals surface area contributed by atoms with Gasteiger partial charge in [-0.05, 0) is 36.1 Å². The van der Waals surface area contributed by atoms with Gasteiger partial charge in [0.2, 0.25) is 0 Å². The third-order valence-corrected chi connectivity index (χ3v) is 6.22. The van der Waals surface area contributed by atoms with E-state index >= 15 is 0 Å². The summed E-state index contributed by atoms with van der Waals surface area (Å²) < 4.78 is 34.4. The number of halogens is 2. The summed E-state index contributed by atoms with van der Waals surface area (Å²) >= 11 is 0. The molecule has 1 fully saturated rings. The lowest BCUT2D eigenvalue weighted by Crippen LogP contribution is -2.28. The summed E-state index contributed by atoms with van der Waals surface area (Å²) in [5, 5.41) is 3.90. The first-order chi connectivity index (χ1) is 16.0. The van der Waals surface area contributed by atoms with Crippen molar-refractivity contribution in [1.82, 2.24) is 30.0 Å². The van der Waals surface area contributed by atoms with Crippen LogP contribution >= 0.6 is 0 Å². The smallest absolute Gasteiger partial charge is 0.325 e. The van der Waals surface area contributed by atoms with E-state index in [1.165, 1.54) is 24.2 Å². The molecule has 4 aromatic rings. The summed E-state index contributed by atoms with van der Waals surface area (Å²) in [7, 11) is 1.49. The second-order valence-electron chi connectivity index (χ2n) is 9.07. The second-order valence-corrected chi connectivity index (χ2v) is 9.07. The van der Waals surface area contributed by atoms with E-state index in [-0.39, 0.29) is 29.0 Å². The third-order valence-electron chi connectivity index (χ3n) is 6.22. The van der Waals surface area contributed by atoms with Crippen molar-refractivity contribution in [1.29, 1.82) is 0 Å². The maximum atomic E-state index is 14.6. The van der Waals surface area contributed by atoms with Crippen molar-refractivity contribution in [2.24, 2.45) is 0 Å². The molecule has 1 aromatic carbocycles. The van der Waals surface area contributed by atoms with E-state index < -0.39 is 17.5 Å². The Morgan fingerprint density at radius 1 is 1.26 bits per heavy atom. The van der Waals surface area contributed by atoms with Gasteiger partial charge in [0.25, 0.3) is 5.92 Å². The molecule has 176 valence electrons. The topological polar surface area (TPSA) is 121 Å². The number of H-pyrrole nitrogens is 2. The van der Waals surface area contributed by atoms with Crippen molar-refractivity contribution in [2.75, 3.05) is 7.05 Å². The van der Waals surface area contributed by atoms with E-state index in [4.69, 9.17) is 4.52 Å². The van der Waals surface area contributed by atoms with Crippen LogP contribution in [0.15, 0.2) is 39.8 Å². The molecule has 0 spiro atoms. The molecular weight excluding hydrogens is 446 g/mol. The number of aromatic amines is 2. The number of carbonyl (C=O) groups is 1. The maximum absolute atomic E-state index is 14.6. The third kappa shape index (κ3) is 3.87. The Kier molecular flexibility index (Phi) is 4.88. The zero-order valence-electron chi connectivity index (χ0n) is 18.8. The minimum atomic E-state index is -3.18. The van der Waals surface area contributed by atoms with E-state index in [0.29, 0.717) is 28.1 Å². The summed E-state index contributed by atoms with van der Waals surface area (Å²) in [6.45, 7) is 2.71. The number of hydrogen-bond donors (Lipinski definition) is 2. The number of amides is 1. The van der Waals surface area contributed by atoms with Gasteiger partial charge in [-0.3, -0.25) is 9.78 Å². The fourth-order valence-electron chi connectivity index (χ4n) is 3.92. The van der Waals surface area contributed by atoms with Gasteiger partial charge in [0.05, 0.1) is 5.52 Å². The monoisotopic (exact) mass is 468 g/mol. The summed E-state index contributed by atoms with van der Waals surface area (Å²) in [6.07, 6.45) is 3.35. The van der Waals surface area contributed by atoms with Crippen LogP contribution in [0.3, 0.4) is 0 Å². The van der Waals surface area contributed by atoms with Crippen molar-refractivity contribution < 1.29 is 18.1 Å². The largest absolute Gasteiger partial charge is 0.333 e. The average molecular weight is 468 g/mol. The zero-order valence-corrected chi connectivity index (χ0v) is 18.8. The van der Waals surface area contributed by atoms with Gasteiger partial charge in [-0.25, -0.2) is 18.6 Å². The Bertz CT molecular complexity index is 1460. The quantitative estimate of drug-likeness (QED) is 0.445. The van der Waals surface area contributed by atoms with Gasteiger partial charge >= 0.3 is 17.5 Å². The van der Waals surface area contributed by atoms with Gasteiger partial charge in [0.15, 0.2) is 11.5 Å². The summed E-state index contributed by atoms with van der Waals surface area (Å²) in [5.74, 6) is -3.40. The molecule has 34 heavy (non-hydrogen) atoms. The Hall–Kier alpha value is -3.89. The molecule has 3 heterocycles. The minimum absolute atomic E-state index is 0.0837. The van der Waals surface area contributed by atoms with Crippen LogP contribution in [0.25, 0.3) is 22.3 Å². The zero-order chi connectivity index (χ0) is 24.3. The fraction of sp³-hybridized carbons (Fsp3) is 0.348. The number of aromatic nitrogens is 5. The molecule has 1 saturated carbocycles. The lowest BCUT2D eigenvalue weighted by atomic mass is 9.95. The number of rotatable bonds is 6. The van der Waals surface area contributed by atoms with Gasteiger partial charge in [0, 0.05) is 43.3 Å². The van der Waals surface area contributed by atoms with E-state index in [2.05, 4.69) is 25.1 Å². The number of imidazole rings is 1. The number of pyridine rings is 1. The van der Waals surface area contributed by atoms with Gasteiger partial charge in [-0.2, -0.15) is 4.98 Å². The summed E-state index contributed by atoms with van der Waals surface area (Å²) in [4.78, 5) is 39.3. The molecule has 1 aliphatic rings. The predicted molar refractivity (Wildman–Crippen MR) is 118 cm³/mol. The highest BCUT2D eigenvalue weighted by Crippen LogP contribution is 2.46. The van der Waals surface area contributed by atoms with Crippen LogP contribution in [-0.4, -0.2) is 42.9 Å². The van der Waals surface area contributed by atoms with Crippen molar-refractivity contribution in [3.8, 4) is 11.1 Å². The lowest BCUT2D eigenvalue weighted by Gasteiger charge is -2.21. The Morgan fingerprint density at radius 3 is 2.74 bits per heavy atom. The van der Waals surface area contributed by atoms with E-state index in [0.717, 1.165) is 19.8 Å². The van der Waals surface area contributed by atoms with Crippen molar-refractivity contribution in [3.63, 3.8) is 0 Å². The van der Waals surface area contributed by atoms with Crippen molar-refractivity contribution in [2.45, 2.75) is 44.6 Å². The minimum Gasteiger partial charge on any atom is -0.333 e. The summed E-state index contributed by atoms with van der Waals surface area (Å²) in [5.41, 5.74) is 1.24. The van der Waals surface area contributed by atoms with Crippen LogP contribution in [0.1, 0.15) is 54.3 Å². The Morgan fingerprint density at radius 2 is 2.03 bits per heavy atom. The number of nitrogens with zero attached hydrogens (tertiary/aromatic N) is 4. The number of nitrogens with one attached hydrogen (secondary N) is 2. The molecular formula is C23H22F2N6O3. The number of benzene rings is 1.